The number of hydrogen-bond donors (Lipinski definition) is 1. The number of carbonyl (C=O) groups is 2. The number of hydrogen-bond acceptors (Lipinski definition) is 3. The van der Waals surface area contributed by atoms with Gasteiger partial charge in [-0.2, -0.15) is 0 Å². The molecule has 2 aromatic carbocycles. The van der Waals surface area contributed by atoms with E-state index in [2.05, 4.69) is 5.32 Å². The molecule has 4 rings (SSSR count). The van der Waals surface area contributed by atoms with Crippen LogP contribution in [0.5, 0.6) is 5.75 Å². The Labute approximate surface area is 153 Å². The van der Waals surface area contributed by atoms with Gasteiger partial charge in [-0.25, -0.2) is 0 Å². The number of anilines is 1. The molecule has 2 amide bonds. The first-order valence-electron chi connectivity index (χ1n) is 9.15. The van der Waals surface area contributed by atoms with Crippen molar-refractivity contribution in [3.63, 3.8) is 0 Å². The third-order valence-electron chi connectivity index (χ3n) is 5.03. The van der Waals surface area contributed by atoms with Gasteiger partial charge in [-0.15, -0.1) is 0 Å². The molecule has 0 aromatic heterocycles. The van der Waals surface area contributed by atoms with E-state index in [1.807, 2.05) is 36.4 Å². The van der Waals surface area contributed by atoms with Crippen LogP contribution >= 0.6 is 0 Å². The van der Waals surface area contributed by atoms with E-state index in [9.17, 15) is 9.59 Å². The fourth-order valence-corrected chi connectivity index (χ4v) is 3.61. The topological polar surface area (TPSA) is 58.6 Å². The Hall–Kier alpha value is -2.82. The first kappa shape index (κ1) is 16.6. The van der Waals surface area contributed by atoms with Crippen LogP contribution < -0.4 is 15.0 Å². The second-order valence-electron chi connectivity index (χ2n) is 6.75. The molecule has 0 spiro atoms. The van der Waals surface area contributed by atoms with Gasteiger partial charge in [0.15, 0.2) is 0 Å². The normalized spacial score (nSPS) is 19.5. The highest BCUT2D eigenvalue weighted by atomic mass is 16.5. The number of carbonyl (C=O) groups excluding carboxylic acids is 2. The maximum Gasteiger partial charge on any atom is 0.251 e. The maximum atomic E-state index is 12.6. The molecule has 0 bridgehead atoms. The van der Waals surface area contributed by atoms with Gasteiger partial charge in [0, 0.05) is 36.2 Å². The summed E-state index contributed by atoms with van der Waals surface area (Å²) in [6, 6.07) is 15.1. The summed E-state index contributed by atoms with van der Waals surface area (Å²) in [5.74, 6) is 0.887. The number of amides is 2. The minimum Gasteiger partial charge on any atom is -0.493 e. The lowest BCUT2D eigenvalue weighted by atomic mass is 10.00. The first-order valence-corrected chi connectivity index (χ1v) is 9.15. The third kappa shape index (κ3) is 3.29. The summed E-state index contributed by atoms with van der Waals surface area (Å²) in [6.07, 6.45) is 3.34. The van der Waals surface area contributed by atoms with E-state index in [4.69, 9.17) is 4.74 Å². The maximum absolute atomic E-state index is 12.6. The predicted octanol–water partition coefficient (Wildman–Crippen LogP) is 3.46. The van der Waals surface area contributed by atoms with Crippen LogP contribution in [0.2, 0.25) is 0 Å². The van der Waals surface area contributed by atoms with Crippen molar-refractivity contribution in [3.8, 4) is 5.75 Å². The molecule has 1 fully saturated rings. The van der Waals surface area contributed by atoms with Crippen molar-refractivity contribution in [1.29, 1.82) is 0 Å². The number of fused-ring (bicyclic) bond motifs is 1. The molecule has 0 radical (unpaired) electrons. The zero-order valence-corrected chi connectivity index (χ0v) is 14.6. The van der Waals surface area contributed by atoms with Crippen molar-refractivity contribution in [2.75, 3.05) is 18.1 Å². The molecule has 26 heavy (non-hydrogen) atoms. The Kier molecular flexibility index (Phi) is 4.61. The summed E-state index contributed by atoms with van der Waals surface area (Å²) >= 11 is 0. The van der Waals surface area contributed by atoms with Crippen LogP contribution in [0.3, 0.4) is 0 Å². The summed E-state index contributed by atoms with van der Waals surface area (Å²) in [4.78, 5) is 26.5. The zero-order valence-electron chi connectivity index (χ0n) is 14.6. The summed E-state index contributed by atoms with van der Waals surface area (Å²) in [5.41, 5.74) is 2.48. The molecule has 1 saturated heterocycles. The highest BCUT2D eigenvalue weighted by Gasteiger charge is 2.23. The average Bonchev–Trinajstić information content (AvgIpc) is 2.69. The van der Waals surface area contributed by atoms with Gasteiger partial charge in [-0.1, -0.05) is 18.2 Å². The number of piperidine rings is 1. The molecule has 2 aliphatic rings. The number of para-hydroxylation sites is 1. The summed E-state index contributed by atoms with van der Waals surface area (Å²) in [6.45, 7) is 1.35. The van der Waals surface area contributed by atoms with E-state index < -0.39 is 0 Å². The van der Waals surface area contributed by atoms with Crippen LogP contribution in [-0.4, -0.2) is 25.0 Å². The fraction of sp³-hybridized carbons (Fsp3) is 0.333. The second-order valence-corrected chi connectivity index (χ2v) is 6.75. The molecule has 2 aliphatic heterocycles. The van der Waals surface area contributed by atoms with Gasteiger partial charge in [0.2, 0.25) is 5.91 Å². The second kappa shape index (κ2) is 7.20. The molecule has 0 saturated carbocycles. The van der Waals surface area contributed by atoms with Crippen molar-refractivity contribution < 1.29 is 14.3 Å². The number of benzene rings is 2. The number of nitrogens with zero attached hydrogens (tertiary/aromatic N) is 1. The van der Waals surface area contributed by atoms with E-state index in [-0.39, 0.29) is 17.9 Å². The van der Waals surface area contributed by atoms with Crippen LogP contribution in [0, 0.1) is 0 Å². The van der Waals surface area contributed by atoms with Gasteiger partial charge in [0.1, 0.15) is 5.75 Å². The molecular weight excluding hydrogens is 328 g/mol. The van der Waals surface area contributed by atoms with E-state index in [1.165, 1.54) is 0 Å². The highest BCUT2D eigenvalue weighted by molar-refractivity contribution is 5.97. The average molecular weight is 350 g/mol. The Morgan fingerprint density at radius 1 is 1.08 bits per heavy atom. The van der Waals surface area contributed by atoms with Gasteiger partial charge in [0.25, 0.3) is 5.91 Å². The third-order valence-corrected chi connectivity index (χ3v) is 5.03. The molecule has 2 heterocycles. The lowest BCUT2D eigenvalue weighted by molar-refractivity contribution is -0.119. The van der Waals surface area contributed by atoms with Crippen molar-refractivity contribution in [2.24, 2.45) is 0 Å². The molecule has 0 unspecified atom stereocenters. The van der Waals surface area contributed by atoms with Crippen molar-refractivity contribution >= 4 is 17.5 Å². The molecule has 5 nitrogen and oxygen atoms in total. The van der Waals surface area contributed by atoms with Gasteiger partial charge in [-0.3, -0.25) is 9.59 Å². The SMILES string of the molecule is O=C(N[C@@H]1CCOc2ccccc21)c1ccc(N2CCCCC2=O)cc1. The van der Waals surface area contributed by atoms with Crippen LogP contribution in [0.4, 0.5) is 5.69 Å². The van der Waals surface area contributed by atoms with Crippen molar-refractivity contribution in [3.05, 3.63) is 59.7 Å². The molecule has 5 heteroatoms. The molecule has 134 valence electrons. The number of ether oxygens (including phenoxy) is 1. The van der Waals surface area contributed by atoms with Gasteiger partial charge in [-0.05, 0) is 43.2 Å². The minimum absolute atomic E-state index is 0.0456. The van der Waals surface area contributed by atoms with Crippen molar-refractivity contribution in [2.45, 2.75) is 31.7 Å². The summed E-state index contributed by atoms with van der Waals surface area (Å²) in [7, 11) is 0. The van der Waals surface area contributed by atoms with Crippen LogP contribution in [0.25, 0.3) is 0 Å². The summed E-state index contributed by atoms with van der Waals surface area (Å²) < 4.78 is 5.65. The monoisotopic (exact) mass is 350 g/mol. The molecule has 0 aliphatic carbocycles. The van der Waals surface area contributed by atoms with Crippen LogP contribution in [0.15, 0.2) is 48.5 Å². The largest absolute Gasteiger partial charge is 0.493 e. The molecule has 1 N–H and O–H groups in total. The Morgan fingerprint density at radius 3 is 2.69 bits per heavy atom. The smallest absolute Gasteiger partial charge is 0.251 e. The molecule has 2 aromatic rings. The predicted molar refractivity (Wildman–Crippen MR) is 99.4 cm³/mol. The molecular formula is C21H22N2O3. The Balaban J connectivity index is 1.47. The first-order chi connectivity index (χ1) is 12.7. The Morgan fingerprint density at radius 2 is 1.88 bits per heavy atom. The van der Waals surface area contributed by atoms with Gasteiger partial charge in [0.05, 0.1) is 12.6 Å². The minimum atomic E-state index is -0.108. The number of nitrogens with one attached hydrogen (secondary N) is 1. The highest BCUT2D eigenvalue weighted by Crippen LogP contribution is 2.31. The van der Waals surface area contributed by atoms with E-state index in [0.717, 1.165) is 42.8 Å². The van der Waals surface area contributed by atoms with Crippen LogP contribution in [0.1, 0.15) is 47.6 Å². The molecule has 1 atom stereocenters. The van der Waals surface area contributed by atoms with Crippen molar-refractivity contribution in [1.82, 2.24) is 5.32 Å². The van der Waals surface area contributed by atoms with Gasteiger partial charge < -0.3 is 15.0 Å². The lowest BCUT2D eigenvalue weighted by Crippen LogP contribution is -2.35. The van der Waals surface area contributed by atoms with E-state index in [0.29, 0.717) is 18.6 Å². The fourth-order valence-electron chi connectivity index (χ4n) is 3.61. The standard InChI is InChI=1S/C21H22N2O3/c24-20-7-3-4-13-23(20)16-10-8-15(9-11-16)21(25)22-18-12-14-26-19-6-2-1-5-17(18)19/h1-2,5-6,8-11,18H,3-4,7,12-14H2,(H,22,25)/t18-/m1/s1. The van der Waals surface area contributed by atoms with Gasteiger partial charge >= 0.3 is 0 Å². The number of rotatable bonds is 3. The Bertz CT molecular complexity index is 816. The zero-order chi connectivity index (χ0) is 17.9. The van der Waals surface area contributed by atoms with Crippen LogP contribution in [-0.2, 0) is 4.79 Å². The van der Waals surface area contributed by atoms with E-state index >= 15 is 0 Å². The lowest BCUT2D eigenvalue weighted by Gasteiger charge is -2.27. The van der Waals surface area contributed by atoms with E-state index in [1.54, 1.807) is 17.0 Å². The summed E-state index contributed by atoms with van der Waals surface area (Å²) in [5, 5.41) is 3.10. The quantitative estimate of drug-likeness (QED) is 0.922.